The Morgan fingerprint density at radius 3 is 2.52 bits per heavy atom. The number of amides is 1. The molecule has 0 aliphatic carbocycles. The first-order valence-electron chi connectivity index (χ1n) is 8.59. The van der Waals surface area contributed by atoms with E-state index in [9.17, 15) is 26.8 Å². The summed E-state index contributed by atoms with van der Waals surface area (Å²) in [5.41, 5.74) is 0. The second-order valence-corrected chi connectivity index (χ2v) is 8.14. The lowest BCUT2D eigenvalue weighted by molar-refractivity contribution is -0.147. The van der Waals surface area contributed by atoms with Crippen molar-refractivity contribution in [3.05, 3.63) is 29.8 Å². The fraction of sp³-hybridized carbons (Fsp3) is 0.529. The molecule has 0 bridgehead atoms. The van der Waals surface area contributed by atoms with Crippen LogP contribution in [0.1, 0.15) is 26.7 Å². The van der Waals surface area contributed by atoms with E-state index in [1.807, 2.05) is 0 Å². The molecule has 2 rings (SSSR count). The zero-order valence-corrected chi connectivity index (χ0v) is 15.9. The van der Waals surface area contributed by atoms with Crippen molar-refractivity contribution in [1.82, 2.24) is 9.62 Å². The quantitative estimate of drug-likeness (QED) is 0.724. The maximum absolute atomic E-state index is 13.8. The predicted octanol–water partition coefficient (Wildman–Crippen LogP) is 1.43. The molecule has 0 radical (unpaired) electrons. The summed E-state index contributed by atoms with van der Waals surface area (Å²) < 4.78 is 58.1. The molecule has 1 aromatic rings. The molecule has 150 valence electrons. The lowest BCUT2D eigenvalue weighted by Gasteiger charge is -2.31. The summed E-state index contributed by atoms with van der Waals surface area (Å²) in [4.78, 5) is 23.1. The van der Waals surface area contributed by atoms with E-state index in [2.05, 4.69) is 5.32 Å². The minimum atomic E-state index is -4.20. The van der Waals surface area contributed by atoms with E-state index in [0.29, 0.717) is 6.07 Å². The van der Waals surface area contributed by atoms with E-state index in [0.717, 1.165) is 16.4 Å². The second-order valence-electron chi connectivity index (χ2n) is 6.24. The van der Waals surface area contributed by atoms with E-state index in [-0.39, 0.29) is 38.4 Å². The fourth-order valence-corrected chi connectivity index (χ4v) is 4.38. The highest BCUT2D eigenvalue weighted by atomic mass is 32.2. The fourth-order valence-electron chi connectivity index (χ4n) is 2.83. The number of rotatable bonds is 6. The highest BCUT2D eigenvalue weighted by Gasteiger charge is 2.34. The number of nitrogens with one attached hydrogen (secondary N) is 1. The smallest absolute Gasteiger partial charge is 0.328 e. The van der Waals surface area contributed by atoms with Crippen LogP contribution in [0.4, 0.5) is 8.78 Å². The first kappa shape index (κ1) is 21.2. The Balaban J connectivity index is 1.99. The number of carbonyl (C=O) groups is 2. The molecule has 1 N–H and O–H groups in total. The molecule has 1 heterocycles. The highest BCUT2D eigenvalue weighted by Crippen LogP contribution is 2.26. The zero-order valence-electron chi connectivity index (χ0n) is 15.1. The summed E-state index contributed by atoms with van der Waals surface area (Å²) in [6, 6.07) is 1.44. The van der Waals surface area contributed by atoms with Crippen LogP contribution in [0.25, 0.3) is 0 Å². The van der Waals surface area contributed by atoms with E-state index >= 15 is 0 Å². The second kappa shape index (κ2) is 8.75. The average molecular weight is 404 g/mol. The van der Waals surface area contributed by atoms with E-state index in [1.54, 1.807) is 6.92 Å². The molecule has 0 spiro atoms. The first-order valence-corrected chi connectivity index (χ1v) is 10.0. The van der Waals surface area contributed by atoms with Crippen molar-refractivity contribution < 1.29 is 31.5 Å². The topological polar surface area (TPSA) is 92.8 Å². The number of nitrogens with zero attached hydrogens (tertiary/aromatic N) is 1. The minimum Gasteiger partial charge on any atom is -0.464 e. The Morgan fingerprint density at radius 2 is 1.93 bits per heavy atom. The van der Waals surface area contributed by atoms with Gasteiger partial charge in [0.15, 0.2) is 0 Å². The van der Waals surface area contributed by atoms with Crippen LogP contribution in [0, 0.1) is 17.6 Å². The van der Waals surface area contributed by atoms with E-state index < -0.39 is 44.5 Å². The van der Waals surface area contributed by atoms with Crippen LogP contribution in [-0.4, -0.2) is 50.3 Å². The van der Waals surface area contributed by atoms with Crippen molar-refractivity contribution in [2.45, 2.75) is 37.6 Å². The summed E-state index contributed by atoms with van der Waals surface area (Å²) in [5.74, 6) is -3.28. The van der Waals surface area contributed by atoms with Crippen molar-refractivity contribution in [3.8, 4) is 0 Å². The van der Waals surface area contributed by atoms with Crippen molar-refractivity contribution >= 4 is 21.9 Å². The third-order valence-electron chi connectivity index (χ3n) is 4.33. The van der Waals surface area contributed by atoms with E-state index in [1.165, 1.54) is 6.92 Å². The predicted molar refractivity (Wildman–Crippen MR) is 92.1 cm³/mol. The number of ether oxygens (including phenoxy) is 1. The monoisotopic (exact) mass is 404 g/mol. The largest absolute Gasteiger partial charge is 0.464 e. The Hall–Kier alpha value is -2.07. The van der Waals surface area contributed by atoms with Crippen LogP contribution in [0.5, 0.6) is 0 Å². The molecule has 1 fully saturated rings. The van der Waals surface area contributed by atoms with Crippen molar-refractivity contribution in [2.24, 2.45) is 5.92 Å². The SMILES string of the molecule is CCOC(=O)C(C)NC(=O)C1CCN(S(=O)(=O)c2cc(F)ccc2F)CC1. The van der Waals surface area contributed by atoms with Crippen molar-refractivity contribution in [2.75, 3.05) is 19.7 Å². The third-order valence-corrected chi connectivity index (χ3v) is 6.25. The average Bonchev–Trinajstić information content (AvgIpc) is 2.63. The number of carbonyl (C=O) groups excluding carboxylic acids is 2. The molecule has 0 aromatic heterocycles. The number of piperidine rings is 1. The minimum absolute atomic E-state index is 0.00976. The van der Waals surface area contributed by atoms with Gasteiger partial charge in [0, 0.05) is 19.0 Å². The Morgan fingerprint density at radius 1 is 1.30 bits per heavy atom. The number of benzene rings is 1. The van der Waals surface area contributed by atoms with Gasteiger partial charge in [-0.25, -0.2) is 22.0 Å². The van der Waals surface area contributed by atoms with Gasteiger partial charge in [-0.2, -0.15) is 4.31 Å². The third kappa shape index (κ3) is 5.01. The normalized spacial score (nSPS) is 17.3. The molecule has 1 atom stereocenters. The van der Waals surface area contributed by atoms with Gasteiger partial charge in [0.05, 0.1) is 6.61 Å². The summed E-state index contributed by atoms with van der Waals surface area (Å²) in [7, 11) is -4.20. The highest BCUT2D eigenvalue weighted by molar-refractivity contribution is 7.89. The van der Waals surface area contributed by atoms with Crippen molar-refractivity contribution in [1.29, 1.82) is 0 Å². The van der Waals surface area contributed by atoms with Crippen LogP contribution >= 0.6 is 0 Å². The lowest BCUT2D eigenvalue weighted by Crippen LogP contribution is -2.47. The molecule has 1 unspecified atom stereocenters. The van der Waals surface area contributed by atoms with Gasteiger partial charge in [-0.15, -0.1) is 0 Å². The van der Waals surface area contributed by atoms with Gasteiger partial charge >= 0.3 is 5.97 Å². The summed E-state index contributed by atoms with van der Waals surface area (Å²) in [5, 5.41) is 2.54. The van der Waals surface area contributed by atoms with Crippen molar-refractivity contribution in [3.63, 3.8) is 0 Å². The molecule has 1 aliphatic heterocycles. The Bertz CT molecular complexity index is 808. The molecule has 1 saturated heterocycles. The molecule has 1 amide bonds. The molecule has 1 aliphatic rings. The van der Waals surface area contributed by atoms with E-state index in [4.69, 9.17) is 4.74 Å². The number of esters is 1. The van der Waals surface area contributed by atoms with Crippen LogP contribution in [0.2, 0.25) is 0 Å². The summed E-state index contributed by atoms with van der Waals surface area (Å²) in [6.45, 7) is 3.34. The summed E-state index contributed by atoms with van der Waals surface area (Å²) in [6.07, 6.45) is 0.412. The first-order chi connectivity index (χ1) is 12.7. The number of sulfonamides is 1. The maximum atomic E-state index is 13.8. The molecule has 27 heavy (non-hydrogen) atoms. The standard InChI is InChI=1S/C17H22F2N2O5S/c1-3-26-17(23)11(2)20-16(22)12-6-8-21(9-7-12)27(24,25)15-10-13(18)4-5-14(15)19/h4-5,10-12H,3,6-9H2,1-2H3,(H,20,22). The number of halogens is 2. The van der Waals surface area contributed by atoms with Crippen LogP contribution in [0.15, 0.2) is 23.1 Å². The van der Waals surface area contributed by atoms with Gasteiger partial charge in [0.1, 0.15) is 22.6 Å². The molecule has 0 saturated carbocycles. The molecular formula is C17H22F2N2O5S. The maximum Gasteiger partial charge on any atom is 0.328 e. The number of hydrogen-bond acceptors (Lipinski definition) is 5. The molecule has 1 aromatic carbocycles. The van der Waals surface area contributed by atoms with Crippen LogP contribution in [-0.2, 0) is 24.3 Å². The van der Waals surface area contributed by atoms with Gasteiger partial charge in [-0.3, -0.25) is 4.79 Å². The summed E-state index contributed by atoms with van der Waals surface area (Å²) >= 11 is 0. The number of hydrogen-bond donors (Lipinski definition) is 1. The van der Waals surface area contributed by atoms with Crippen LogP contribution in [0.3, 0.4) is 0 Å². The zero-order chi connectivity index (χ0) is 20.2. The lowest BCUT2D eigenvalue weighted by atomic mass is 9.97. The Labute approximate surface area is 156 Å². The van der Waals surface area contributed by atoms with Gasteiger partial charge in [0.2, 0.25) is 15.9 Å². The molecule has 7 nitrogen and oxygen atoms in total. The van der Waals surface area contributed by atoms with Gasteiger partial charge in [0.25, 0.3) is 0 Å². The van der Waals surface area contributed by atoms with Gasteiger partial charge < -0.3 is 10.1 Å². The Kier molecular flexibility index (Phi) is 6.88. The molecule has 10 heteroatoms. The van der Waals surface area contributed by atoms with Gasteiger partial charge in [-0.1, -0.05) is 0 Å². The molecular weight excluding hydrogens is 382 g/mol. The van der Waals surface area contributed by atoms with Crippen LogP contribution < -0.4 is 5.32 Å². The van der Waals surface area contributed by atoms with Gasteiger partial charge in [-0.05, 0) is 44.9 Å².